The highest BCUT2D eigenvalue weighted by Crippen LogP contribution is 2.25. The van der Waals surface area contributed by atoms with Gasteiger partial charge in [-0.3, -0.25) is 9.59 Å². The molecule has 82 valence electrons. The van der Waals surface area contributed by atoms with Gasteiger partial charge < -0.3 is 5.73 Å². The van der Waals surface area contributed by atoms with Crippen molar-refractivity contribution in [2.75, 3.05) is 0 Å². The lowest BCUT2D eigenvalue weighted by Gasteiger charge is -2.14. The number of rotatable bonds is 0. The summed E-state index contributed by atoms with van der Waals surface area (Å²) >= 11 is 2.99. The lowest BCUT2D eigenvalue weighted by Crippen LogP contribution is -2.27. The molecule has 0 saturated heterocycles. The van der Waals surface area contributed by atoms with E-state index in [1.54, 1.807) is 13.8 Å². The Bertz CT molecular complexity index is 514. The molecular weight excluding hydrogens is 274 g/mol. The summed E-state index contributed by atoms with van der Waals surface area (Å²) in [4.78, 5) is 31.7. The molecule has 1 aliphatic carbocycles. The average molecular weight is 282 g/mol. The number of nitrogens with zero attached hydrogens (tertiary/aromatic N) is 2. The number of ketones is 2. The van der Waals surface area contributed by atoms with Gasteiger partial charge in [0.15, 0.2) is 0 Å². The fourth-order valence-corrected chi connectivity index (χ4v) is 1.74. The molecule has 0 aliphatic heterocycles. The standard InChI is InChI=1S/C10H8BrN3O2/c1-3-4(2)14-8-7(13-3)9(15)5(11)6(12)10(8)16/h12H2,1-2H3. The molecule has 0 bridgehead atoms. The summed E-state index contributed by atoms with van der Waals surface area (Å²) in [6, 6.07) is 0. The van der Waals surface area contributed by atoms with Crippen LogP contribution in [0.5, 0.6) is 0 Å². The van der Waals surface area contributed by atoms with Crippen molar-refractivity contribution in [1.82, 2.24) is 9.97 Å². The summed E-state index contributed by atoms with van der Waals surface area (Å²) in [7, 11) is 0. The average Bonchev–Trinajstić information content (AvgIpc) is 2.26. The molecule has 0 saturated carbocycles. The molecule has 0 unspecified atom stereocenters. The van der Waals surface area contributed by atoms with Gasteiger partial charge in [0.1, 0.15) is 17.1 Å². The van der Waals surface area contributed by atoms with Crippen LogP contribution in [0.25, 0.3) is 0 Å². The maximum absolute atomic E-state index is 11.8. The molecule has 0 fully saturated rings. The molecule has 0 spiro atoms. The summed E-state index contributed by atoms with van der Waals surface area (Å²) in [5, 5.41) is 0. The van der Waals surface area contributed by atoms with Crippen LogP contribution >= 0.6 is 15.9 Å². The van der Waals surface area contributed by atoms with Crippen molar-refractivity contribution in [2.45, 2.75) is 13.8 Å². The zero-order valence-electron chi connectivity index (χ0n) is 8.67. The van der Waals surface area contributed by atoms with Gasteiger partial charge in [0.25, 0.3) is 0 Å². The summed E-state index contributed by atoms with van der Waals surface area (Å²) in [5.74, 6) is -0.861. The van der Waals surface area contributed by atoms with E-state index in [1.807, 2.05) is 0 Å². The normalized spacial score (nSPS) is 15.4. The summed E-state index contributed by atoms with van der Waals surface area (Å²) < 4.78 is 0.0579. The number of carbonyl (C=O) groups excluding carboxylic acids is 2. The molecule has 1 aliphatic rings. The summed E-state index contributed by atoms with van der Waals surface area (Å²) in [6.45, 7) is 3.46. The maximum Gasteiger partial charge on any atom is 0.230 e. The SMILES string of the molecule is Cc1nc2c(nc1C)C(=O)C(Br)=C(N)C2=O. The fourth-order valence-electron chi connectivity index (χ4n) is 1.37. The zero-order valence-corrected chi connectivity index (χ0v) is 10.3. The van der Waals surface area contributed by atoms with E-state index in [0.717, 1.165) is 0 Å². The maximum atomic E-state index is 11.8. The van der Waals surface area contributed by atoms with E-state index in [9.17, 15) is 9.59 Å². The van der Waals surface area contributed by atoms with Gasteiger partial charge in [-0.15, -0.1) is 0 Å². The quantitative estimate of drug-likeness (QED) is 0.768. The van der Waals surface area contributed by atoms with Gasteiger partial charge in [0.05, 0.1) is 15.9 Å². The Hall–Kier alpha value is -1.56. The molecule has 1 aromatic rings. The highest BCUT2D eigenvalue weighted by atomic mass is 79.9. The predicted octanol–water partition coefficient (Wildman–Crippen LogP) is 1.04. The molecule has 0 amide bonds. The van der Waals surface area contributed by atoms with E-state index < -0.39 is 11.6 Å². The number of hydrogen-bond acceptors (Lipinski definition) is 5. The number of hydrogen-bond donors (Lipinski definition) is 1. The van der Waals surface area contributed by atoms with Crippen LogP contribution in [0, 0.1) is 13.8 Å². The van der Waals surface area contributed by atoms with Crippen molar-refractivity contribution in [3.05, 3.63) is 33.0 Å². The van der Waals surface area contributed by atoms with Crippen molar-refractivity contribution in [3.63, 3.8) is 0 Å². The Balaban J connectivity index is 2.76. The Morgan fingerprint density at radius 1 is 1.00 bits per heavy atom. The van der Waals surface area contributed by atoms with Crippen LogP contribution in [0.1, 0.15) is 32.4 Å². The van der Waals surface area contributed by atoms with Gasteiger partial charge in [0, 0.05) is 0 Å². The minimum atomic E-state index is -0.461. The Morgan fingerprint density at radius 3 is 1.94 bits per heavy atom. The summed E-state index contributed by atoms with van der Waals surface area (Å²) in [5.41, 5.74) is 6.74. The molecule has 1 aromatic heterocycles. The minimum absolute atomic E-state index is 0.0359. The number of Topliss-reactive ketones (excluding diaryl/α,β-unsaturated/α-hetero) is 2. The van der Waals surface area contributed by atoms with E-state index in [0.29, 0.717) is 11.4 Å². The largest absolute Gasteiger partial charge is 0.394 e. The predicted molar refractivity (Wildman–Crippen MR) is 60.3 cm³/mol. The first-order valence-electron chi connectivity index (χ1n) is 4.53. The molecule has 6 heteroatoms. The number of fused-ring (bicyclic) bond motifs is 1. The molecular formula is C10H8BrN3O2. The van der Waals surface area contributed by atoms with Gasteiger partial charge in [-0.1, -0.05) is 0 Å². The first-order valence-corrected chi connectivity index (χ1v) is 5.32. The first kappa shape index (κ1) is 10.9. The van der Waals surface area contributed by atoms with E-state index >= 15 is 0 Å². The van der Waals surface area contributed by atoms with Gasteiger partial charge >= 0.3 is 0 Å². The van der Waals surface area contributed by atoms with Crippen LogP contribution < -0.4 is 5.73 Å². The molecule has 0 radical (unpaired) electrons. The lowest BCUT2D eigenvalue weighted by molar-refractivity contribution is 0.0973. The second-order valence-electron chi connectivity index (χ2n) is 3.48. The molecule has 16 heavy (non-hydrogen) atoms. The van der Waals surface area contributed by atoms with Crippen molar-refractivity contribution in [2.24, 2.45) is 5.73 Å². The number of halogens is 1. The highest BCUT2D eigenvalue weighted by Gasteiger charge is 2.32. The second kappa shape index (κ2) is 3.48. The van der Waals surface area contributed by atoms with E-state index in [4.69, 9.17) is 5.73 Å². The number of aryl methyl sites for hydroxylation is 2. The Labute approximate surface area is 99.9 Å². The third kappa shape index (κ3) is 1.37. The van der Waals surface area contributed by atoms with Gasteiger partial charge in [-0.25, -0.2) is 9.97 Å². The van der Waals surface area contributed by atoms with Gasteiger partial charge in [0.2, 0.25) is 11.6 Å². The molecule has 0 atom stereocenters. The van der Waals surface area contributed by atoms with E-state index in [2.05, 4.69) is 25.9 Å². The van der Waals surface area contributed by atoms with Gasteiger partial charge in [-0.2, -0.15) is 0 Å². The number of aromatic nitrogens is 2. The molecule has 1 heterocycles. The highest BCUT2D eigenvalue weighted by molar-refractivity contribution is 9.12. The molecule has 0 aromatic carbocycles. The van der Waals surface area contributed by atoms with Crippen molar-refractivity contribution in [1.29, 1.82) is 0 Å². The van der Waals surface area contributed by atoms with Crippen molar-refractivity contribution in [3.8, 4) is 0 Å². The van der Waals surface area contributed by atoms with Crippen molar-refractivity contribution >= 4 is 27.5 Å². The summed E-state index contributed by atoms with van der Waals surface area (Å²) in [6.07, 6.45) is 0. The van der Waals surface area contributed by atoms with Crippen LogP contribution in [0.15, 0.2) is 10.2 Å². The molecule has 2 rings (SSSR count). The van der Waals surface area contributed by atoms with Crippen LogP contribution in [-0.4, -0.2) is 21.5 Å². The monoisotopic (exact) mass is 281 g/mol. The van der Waals surface area contributed by atoms with E-state index in [-0.39, 0.29) is 21.6 Å². The van der Waals surface area contributed by atoms with Crippen LogP contribution in [0.3, 0.4) is 0 Å². The lowest BCUT2D eigenvalue weighted by atomic mass is 10.0. The fraction of sp³-hybridized carbons (Fsp3) is 0.200. The third-order valence-electron chi connectivity index (χ3n) is 2.42. The number of allylic oxidation sites excluding steroid dienone is 2. The minimum Gasteiger partial charge on any atom is -0.394 e. The Morgan fingerprint density at radius 2 is 1.44 bits per heavy atom. The van der Waals surface area contributed by atoms with Crippen LogP contribution in [0.4, 0.5) is 0 Å². The van der Waals surface area contributed by atoms with Crippen LogP contribution in [0.2, 0.25) is 0 Å². The number of nitrogens with two attached hydrogens (primary N) is 1. The van der Waals surface area contributed by atoms with E-state index in [1.165, 1.54) is 0 Å². The second-order valence-corrected chi connectivity index (χ2v) is 4.27. The molecule has 2 N–H and O–H groups in total. The zero-order chi connectivity index (χ0) is 12.0. The third-order valence-corrected chi connectivity index (χ3v) is 3.20. The smallest absolute Gasteiger partial charge is 0.230 e. The molecule has 5 nitrogen and oxygen atoms in total. The first-order chi connectivity index (χ1) is 7.43. The Kier molecular flexibility index (Phi) is 2.38. The topological polar surface area (TPSA) is 85.9 Å². The van der Waals surface area contributed by atoms with Gasteiger partial charge in [-0.05, 0) is 29.8 Å². The van der Waals surface area contributed by atoms with Crippen LogP contribution in [-0.2, 0) is 0 Å². The van der Waals surface area contributed by atoms with Crippen molar-refractivity contribution < 1.29 is 9.59 Å². The number of carbonyl (C=O) groups is 2.